The van der Waals surface area contributed by atoms with E-state index in [1.807, 2.05) is 26.7 Å². The molecule has 0 saturated heterocycles. The van der Waals surface area contributed by atoms with Crippen LogP contribution in [0.4, 0.5) is 0 Å². The summed E-state index contributed by atoms with van der Waals surface area (Å²) < 4.78 is 0. The second-order valence-corrected chi connectivity index (χ2v) is 29.6. The maximum atomic E-state index is 3.84. The van der Waals surface area contributed by atoms with E-state index in [0.717, 1.165) is 0 Å². The van der Waals surface area contributed by atoms with Crippen molar-refractivity contribution in [3.63, 3.8) is 0 Å². The topological polar surface area (TPSA) is 0 Å². The van der Waals surface area contributed by atoms with Crippen molar-refractivity contribution in [2.75, 3.05) is 26.7 Å². The SMILES string of the molecule is [Au+3].[Au].[CH2-]P([CH2-])(C)(C)Br.[CH2-]P([CH2-])(C)(C)Br.[CH3-]. The zero-order valence-electron chi connectivity index (χ0n) is 10.1. The first kappa shape index (κ1) is 31.0. The summed E-state index contributed by atoms with van der Waals surface area (Å²) in [5.41, 5.74) is 0. The van der Waals surface area contributed by atoms with E-state index in [1.165, 1.54) is 0 Å². The second kappa shape index (κ2) is 8.47. The van der Waals surface area contributed by atoms with Gasteiger partial charge >= 0.3 is 117 Å². The van der Waals surface area contributed by atoms with Crippen LogP contribution in [0.3, 0.4) is 0 Å². The van der Waals surface area contributed by atoms with Crippen molar-refractivity contribution in [2.45, 2.75) is 0 Å². The maximum absolute atomic E-state index is 3.84. The number of hydrogen-bond acceptors (Lipinski definition) is 0. The van der Waals surface area contributed by atoms with Gasteiger partial charge in [0.2, 0.25) is 0 Å². The molecule has 0 aromatic heterocycles. The van der Waals surface area contributed by atoms with E-state index in [-0.39, 0.29) is 52.2 Å². The molecule has 107 valence electrons. The average Bonchev–Trinajstić information content (AvgIpc) is 1.02. The number of hydrogen-bond donors (Lipinski definition) is 0. The minimum absolute atomic E-state index is 0. The van der Waals surface area contributed by atoms with Gasteiger partial charge in [0.25, 0.3) is 0 Å². The van der Waals surface area contributed by atoms with Gasteiger partial charge in [-0.25, -0.2) is 0 Å². The zero-order valence-corrected chi connectivity index (χ0v) is 19.4. The Morgan fingerprint density at radius 2 is 0.733 bits per heavy atom. The Bertz CT molecular complexity index is 111. The first-order valence-corrected chi connectivity index (χ1v) is 14.4. The Morgan fingerprint density at radius 1 is 0.733 bits per heavy atom. The summed E-state index contributed by atoms with van der Waals surface area (Å²) in [5.74, 6) is 0. The first-order valence-electron chi connectivity index (χ1n) is 3.39. The molecule has 0 aliphatic carbocycles. The average molecular weight is 747 g/mol. The van der Waals surface area contributed by atoms with Gasteiger partial charge in [0.15, 0.2) is 0 Å². The molecule has 0 aromatic rings. The van der Waals surface area contributed by atoms with Gasteiger partial charge < -0.3 is 7.43 Å². The summed E-state index contributed by atoms with van der Waals surface area (Å²) in [6, 6.07) is 0. The minimum atomic E-state index is -1.74. The minimum Gasteiger partial charge on any atom is -0.358 e. The third kappa shape index (κ3) is 372. The van der Waals surface area contributed by atoms with E-state index in [4.69, 9.17) is 0 Å². The molecule has 0 N–H and O–H groups in total. The normalized spacial score (nSPS) is 15.3. The molecular weight excluding hydrogens is 724 g/mol. The molecule has 0 aromatic carbocycles. The van der Waals surface area contributed by atoms with Crippen LogP contribution in [0, 0.1) is 34.1 Å². The van der Waals surface area contributed by atoms with E-state index < -0.39 is 10.6 Å². The second-order valence-electron chi connectivity index (χ2n) is 5.03. The van der Waals surface area contributed by atoms with Crippen LogP contribution in [0.25, 0.3) is 0 Å². The van der Waals surface area contributed by atoms with E-state index in [1.54, 1.807) is 0 Å². The van der Waals surface area contributed by atoms with Crippen LogP contribution in [0.15, 0.2) is 0 Å². The molecular formula is C9H23Au2Br2P2-2. The Labute approximate surface area is 145 Å². The van der Waals surface area contributed by atoms with Crippen LogP contribution in [-0.4, -0.2) is 26.7 Å². The largest absolute Gasteiger partial charge is 0.358 e. The van der Waals surface area contributed by atoms with Crippen molar-refractivity contribution < 1.29 is 44.8 Å². The molecule has 6 heteroatoms. The first-order chi connectivity index (χ1) is 4.47. The third-order valence-electron chi connectivity index (χ3n) is 0. The van der Waals surface area contributed by atoms with Crippen molar-refractivity contribution in [3.8, 4) is 0 Å². The Kier molecular flexibility index (Phi) is 17.5. The molecule has 0 nitrogen and oxygen atoms in total. The van der Waals surface area contributed by atoms with Crippen LogP contribution in [-0.2, 0) is 44.8 Å². The van der Waals surface area contributed by atoms with Crippen molar-refractivity contribution in [3.05, 3.63) is 34.1 Å². The van der Waals surface area contributed by atoms with Crippen molar-refractivity contribution in [1.29, 1.82) is 0 Å². The molecule has 0 spiro atoms. The molecule has 0 aliphatic heterocycles. The maximum Gasteiger partial charge on any atom is -0.358 e. The van der Waals surface area contributed by atoms with E-state index in [9.17, 15) is 0 Å². The summed E-state index contributed by atoms with van der Waals surface area (Å²) in [6.45, 7) is 23.5. The van der Waals surface area contributed by atoms with E-state index in [2.05, 4.69) is 57.6 Å². The Balaban J connectivity index is -0.0000000370. The van der Waals surface area contributed by atoms with Crippen molar-refractivity contribution in [2.24, 2.45) is 0 Å². The monoisotopic (exact) mass is 745 g/mol. The molecule has 1 radical (unpaired) electrons. The smallest absolute Gasteiger partial charge is 0.358 e. The predicted molar refractivity (Wildman–Crippen MR) is 83.2 cm³/mol. The van der Waals surface area contributed by atoms with Gasteiger partial charge in [-0.1, -0.05) is 0 Å². The molecule has 0 aliphatic rings. The van der Waals surface area contributed by atoms with E-state index in [0.29, 0.717) is 0 Å². The Hall–Kier alpha value is 3.30. The van der Waals surface area contributed by atoms with Gasteiger partial charge in [-0.05, 0) is 0 Å². The fourth-order valence-corrected chi connectivity index (χ4v) is 0. The molecule has 15 heavy (non-hydrogen) atoms. The van der Waals surface area contributed by atoms with Crippen LogP contribution in [0.1, 0.15) is 0 Å². The molecule has 0 bridgehead atoms. The quantitative estimate of drug-likeness (QED) is 0.167. The van der Waals surface area contributed by atoms with E-state index >= 15 is 0 Å². The van der Waals surface area contributed by atoms with Gasteiger partial charge in [0, 0.05) is 22.4 Å². The molecule has 0 heterocycles. The molecule has 0 saturated carbocycles. The summed E-state index contributed by atoms with van der Waals surface area (Å²) >= 11 is 6.78. The summed E-state index contributed by atoms with van der Waals surface area (Å²) in [6.07, 6.45) is 0. The van der Waals surface area contributed by atoms with Crippen molar-refractivity contribution >= 4 is 41.6 Å². The predicted octanol–water partition coefficient (Wildman–Crippen LogP) is 5.83. The molecule has 0 unspecified atom stereocenters. The van der Waals surface area contributed by atoms with Gasteiger partial charge in [-0.3, -0.25) is 0 Å². The summed E-state index contributed by atoms with van der Waals surface area (Å²) in [7, 11) is 0. The van der Waals surface area contributed by atoms with Crippen LogP contribution >= 0.6 is 41.6 Å². The zero-order chi connectivity index (χ0) is 10.9. The van der Waals surface area contributed by atoms with Gasteiger partial charge in [0.1, 0.15) is 0 Å². The summed E-state index contributed by atoms with van der Waals surface area (Å²) in [4.78, 5) is 0. The fourth-order valence-electron chi connectivity index (χ4n) is 0. The van der Waals surface area contributed by atoms with Crippen molar-refractivity contribution in [1.82, 2.24) is 0 Å². The standard InChI is InChI=1S/2C4H10BrP.CH3.2Au/c2*1-6(2,3,4)5;;;/h2*1-2H2,3-4H3;1H3;;/q2*-2;-1;;+3. The molecule has 0 rings (SSSR count). The van der Waals surface area contributed by atoms with Crippen LogP contribution in [0.2, 0.25) is 0 Å². The third-order valence-corrected chi connectivity index (χ3v) is 0. The van der Waals surface area contributed by atoms with Gasteiger partial charge in [-0.15, -0.1) is 0 Å². The number of rotatable bonds is 0. The Morgan fingerprint density at radius 3 is 0.733 bits per heavy atom. The summed E-state index contributed by atoms with van der Waals surface area (Å²) in [5, 5.41) is -3.48. The molecule has 0 atom stereocenters. The van der Waals surface area contributed by atoms with Gasteiger partial charge in [0.05, 0.1) is 0 Å². The molecule has 0 amide bonds. The number of halogens is 2. The van der Waals surface area contributed by atoms with Crippen LogP contribution in [0.5, 0.6) is 0 Å². The fraction of sp³-hybridized carbons (Fsp3) is 0.444. The molecule has 0 fully saturated rings. The van der Waals surface area contributed by atoms with Crippen LogP contribution < -0.4 is 0 Å². The van der Waals surface area contributed by atoms with Gasteiger partial charge in [-0.2, -0.15) is 0 Å².